The molecular formula is C22H24FNOS2. The highest BCUT2D eigenvalue weighted by molar-refractivity contribution is 8.16. The molecule has 2 aliphatic rings. The molecule has 1 aliphatic heterocycles. The van der Waals surface area contributed by atoms with E-state index in [2.05, 4.69) is 17.4 Å². The third-order valence-electron chi connectivity index (χ3n) is 5.53. The monoisotopic (exact) mass is 401 g/mol. The second-order valence-corrected chi connectivity index (χ2v) is 10.0. The lowest BCUT2D eigenvalue weighted by molar-refractivity contribution is -0.121. The van der Waals surface area contributed by atoms with E-state index in [0.717, 1.165) is 36.9 Å². The predicted molar refractivity (Wildman–Crippen MR) is 114 cm³/mol. The second-order valence-electron chi connectivity index (χ2n) is 7.30. The molecule has 1 heterocycles. The molecule has 4 rings (SSSR count). The van der Waals surface area contributed by atoms with Crippen LogP contribution in [0, 0.1) is 5.82 Å². The summed E-state index contributed by atoms with van der Waals surface area (Å²) in [5.41, 5.74) is 2.51. The van der Waals surface area contributed by atoms with Gasteiger partial charge in [-0.15, -0.1) is 23.5 Å². The molecule has 27 heavy (non-hydrogen) atoms. The Labute approximate surface area is 168 Å². The van der Waals surface area contributed by atoms with Crippen LogP contribution in [0.15, 0.2) is 48.5 Å². The number of hydrogen-bond acceptors (Lipinski definition) is 3. The van der Waals surface area contributed by atoms with Gasteiger partial charge in [-0.3, -0.25) is 4.79 Å². The smallest absolute Gasteiger partial charge is 0.235 e. The van der Waals surface area contributed by atoms with E-state index in [0.29, 0.717) is 4.58 Å². The van der Waals surface area contributed by atoms with Crippen LogP contribution in [0.4, 0.5) is 10.1 Å². The fourth-order valence-corrected chi connectivity index (χ4v) is 6.96. The Bertz CT molecular complexity index is 796. The zero-order valence-electron chi connectivity index (χ0n) is 15.2. The topological polar surface area (TPSA) is 29.1 Å². The second kappa shape index (κ2) is 8.27. The van der Waals surface area contributed by atoms with E-state index in [1.165, 1.54) is 35.6 Å². The number of hydrogen-bond donors (Lipinski definition) is 1. The van der Waals surface area contributed by atoms with Gasteiger partial charge in [0.1, 0.15) is 5.82 Å². The van der Waals surface area contributed by atoms with Crippen LogP contribution in [0.1, 0.15) is 47.8 Å². The van der Waals surface area contributed by atoms with Crippen LogP contribution in [-0.4, -0.2) is 17.4 Å². The summed E-state index contributed by atoms with van der Waals surface area (Å²) in [5, 5.41) is 3.17. The first kappa shape index (κ1) is 18.9. The molecule has 0 spiro atoms. The molecular weight excluding hydrogens is 377 g/mol. The van der Waals surface area contributed by atoms with E-state index in [1.54, 1.807) is 12.1 Å². The van der Waals surface area contributed by atoms with Crippen molar-refractivity contribution in [3.63, 3.8) is 0 Å². The standard InChI is InChI=1S/C22H24FNOS2/c23-18-9-7-17(8-10-18)22(11-1-2-12-22)21(25)24-19-6-3-5-16(15-19)20-26-13-4-14-27-20/h3,5-10,15,20H,1-2,4,11-14H2,(H,24,25). The summed E-state index contributed by atoms with van der Waals surface area (Å²) >= 11 is 3.96. The van der Waals surface area contributed by atoms with E-state index in [-0.39, 0.29) is 11.7 Å². The molecule has 142 valence electrons. The van der Waals surface area contributed by atoms with E-state index >= 15 is 0 Å². The maximum atomic E-state index is 13.4. The van der Waals surface area contributed by atoms with Crippen molar-refractivity contribution in [2.24, 2.45) is 0 Å². The van der Waals surface area contributed by atoms with Crippen LogP contribution in [0.25, 0.3) is 0 Å². The number of carbonyl (C=O) groups excluding carboxylic acids is 1. The number of carbonyl (C=O) groups is 1. The summed E-state index contributed by atoms with van der Waals surface area (Å²) in [7, 11) is 0. The summed E-state index contributed by atoms with van der Waals surface area (Å²) in [6.45, 7) is 0. The van der Waals surface area contributed by atoms with E-state index in [1.807, 2.05) is 35.7 Å². The molecule has 1 N–H and O–H groups in total. The van der Waals surface area contributed by atoms with Crippen LogP contribution >= 0.6 is 23.5 Å². The maximum absolute atomic E-state index is 13.4. The minimum absolute atomic E-state index is 0.0349. The van der Waals surface area contributed by atoms with E-state index in [9.17, 15) is 9.18 Å². The van der Waals surface area contributed by atoms with Crippen molar-refractivity contribution in [1.29, 1.82) is 0 Å². The molecule has 2 aromatic rings. The Hall–Kier alpha value is -1.46. The Morgan fingerprint density at radius 1 is 1.00 bits per heavy atom. The highest BCUT2D eigenvalue weighted by Gasteiger charge is 2.42. The first-order valence-corrected chi connectivity index (χ1v) is 11.7. The molecule has 0 unspecified atom stereocenters. The molecule has 2 nitrogen and oxygen atoms in total. The SMILES string of the molecule is O=C(Nc1cccc(C2SCCCS2)c1)C1(c2ccc(F)cc2)CCCC1. The number of halogens is 1. The molecule has 0 aromatic heterocycles. The van der Waals surface area contributed by atoms with Crippen LogP contribution in [0.2, 0.25) is 0 Å². The minimum Gasteiger partial charge on any atom is -0.325 e. The molecule has 1 aliphatic carbocycles. The van der Waals surface area contributed by atoms with E-state index in [4.69, 9.17) is 0 Å². The van der Waals surface area contributed by atoms with Crippen LogP contribution in [0.5, 0.6) is 0 Å². The average Bonchev–Trinajstić information content (AvgIpc) is 3.21. The van der Waals surface area contributed by atoms with Gasteiger partial charge in [0.15, 0.2) is 0 Å². The summed E-state index contributed by atoms with van der Waals surface area (Å²) in [6.07, 6.45) is 4.96. The quantitative estimate of drug-likeness (QED) is 0.667. The van der Waals surface area contributed by atoms with Crippen molar-refractivity contribution in [3.05, 3.63) is 65.5 Å². The highest BCUT2D eigenvalue weighted by atomic mass is 32.2. The molecule has 5 heteroatoms. The molecule has 2 fully saturated rings. The normalized spacial score (nSPS) is 19.7. The third-order valence-corrected chi connectivity index (χ3v) is 8.55. The van der Waals surface area contributed by atoms with Crippen molar-refractivity contribution >= 4 is 35.1 Å². The summed E-state index contributed by atoms with van der Waals surface area (Å²) in [6, 6.07) is 14.7. The fourth-order valence-electron chi connectivity index (χ4n) is 4.09. The zero-order valence-corrected chi connectivity index (χ0v) is 16.9. The van der Waals surface area contributed by atoms with Gasteiger partial charge in [0.05, 0.1) is 10.00 Å². The number of anilines is 1. The maximum Gasteiger partial charge on any atom is 0.235 e. The van der Waals surface area contributed by atoms with Crippen molar-refractivity contribution < 1.29 is 9.18 Å². The fraction of sp³-hybridized carbons (Fsp3) is 0.409. The Balaban J connectivity index is 1.56. The van der Waals surface area contributed by atoms with Gasteiger partial charge in [0.25, 0.3) is 0 Å². The number of thioether (sulfide) groups is 2. The summed E-state index contributed by atoms with van der Waals surface area (Å²) in [4.78, 5) is 13.3. The Morgan fingerprint density at radius 3 is 2.41 bits per heavy atom. The van der Waals surface area contributed by atoms with Gasteiger partial charge in [-0.25, -0.2) is 4.39 Å². The predicted octanol–water partition coefficient (Wildman–Crippen LogP) is 6.14. The highest BCUT2D eigenvalue weighted by Crippen LogP contribution is 2.45. The molecule has 1 saturated heterocycles. The lowest BCUT2D eigenvalue weighted by Crippen LogP contribution is -2.38. The molecule has 2 aromatic carbocycles. The van der Waals surface area contributed by atoms with Gasteiger partial charge >= 0.3 is 0 Å². The lowest BCUT2D eigenvalue weighted by Gasteiger charge is -2.28. The molecule has 1 saturated carbocycles. The Morgan fingerprint density at radius 2 is 1.70 bits per heavy atom. The summed E-state index contributed by atoms with van der Waals surface area (Å²) < 4.78 is 13.8. The van der Waals surface area contributed by atoms with Gasteiger partial charge in [0.2, 0.25) is 5.91 Å². The Kier molecular flexibility index (Phi) is 5.79. The summed E-state index contributed by atoms with van der Waals surface area (Å²) in [5.74, 6) is 2.17. The van der Waals surface area contributed by atoms with Gasteiger partial charge in [-0.1, -0.05) is 37.1 Å². The van der Waals surface area contributed by atoms with Crippen molar-refractivity contribution in [3.8, 4) is 0 Å². The molecule has 0 atom stereocenters. The van der Waals surface area contributed by atoms with Gasteiger partial charge < -0.3 is 5.32 Å². The number of nitrogens with one attached hydrogen (secondary N) is 1. The van der Waals surface area contributed by atoms with Gasteiger partial charge in [0, 0.05) is 5.69 Å². The largest absolute Gasteiger partial charge is 0.325 e. The zero-order chi connectivity index (χ0) is 18.7. The van der Waals surface area contributed by atoms with Crippen molar-refractivity contribution in [2.75, 3.05) is 16.8 Å². The van der Waals surface area contributed by atoms with Crippen molar-refractivity contribution in [2.45, 2.75) is 42.1 Å². The number of amides is 1. The lowest BCUT2D eigenvalue weighted by atomic mass is 9.78. The van der Waals surface area contributed by atoms with Crippen LogP contribution in [0.3, 0.4) is 0 Å². The number of rotatable bonds is 4. The van der Waals surface area contributed by atoms with E-state index < -0.39 is 5.41 Å². The first-order chi connectivity index (χ1) is 13.2. The molecule has 0 bridgehead atoms. The minimum atomic E-state index is -0.544. The van der Waals surface area contributed by atoms with Gasteiger partial charge in [-0.05, 0) is 66.2 Å². The molecule has 0 radical (unpaired) electrons. The van der Waals surface area contributed by atoms with Crippen molar-refractivity contribution in [1.82, 2.24) is 0 Å². The van der Waals surface area contributed by atoms with Crippen LogP contribution in [-0.2, 0) is 10.2 Å². The van der Waals surface area contributed by atoms with Crippen LogP contribution < -0.4 is 5.32 Å². The number of benzene rings is 2. The van der Waals surface area contributed by atoms with Gasteiger partial charge in [-0.2, -0.15) is 0 Å². The first-order valence-electron chi connectivity index (χ1n) is 9.58. The average molecular weight is 402 g/mol. The third kappa shape index (κ3) is 4.04. The molecule has 1 amide bonds.